The Hall–Kier alpha value is -2.24. The first-order chi connectivity index (χ1) is 8.49. The van der Waals surface area contributed by atoms with Gasteiger partial charge in [0.15, 0.2) is 17.6 Å². The zero-order valence-electron chi connectivity index (χ0n) is 10.4. The Morgan fingerprint density at radius 3 is 2.28 bits per heavy atom. The van der Waals surface area contributed by atoms with E-state index in [-0.39, 0.29) is 5.56 Å². The molecule has 1 aromatic rings. The number of carbonyl (C=O) groups excluding carboxylic acids is 2. The first-order valence-electron chi connectivity index (χ1n) is 5.22. The van der Waals surface area contributed by atoms with Crippen molar-refractivity contribution in [2.24, 2.45) is 5.73 Å². The molecular weight excluding hydrogens is 238 g/mol. The van der Waals surface area contributed by atoms with E-state index in [0.29, 0.717) is 11.5 Å². The number of nitrogens with two attached hydrogens (primary N) is 1. The van der Waals surface area contributed by atoms with E-state index in [0.717, 1.165) is 0 Å². The van der Waals surface area contributed by atoms with Gasteiger partial charge in [0.2, 0.25) is 0 Å². The lowest BCUT2D eigenvalue weighted by Crippen LogP contribution is -2.30. The molecule has 2 N–H and O–H groups in total. The molecule has 1 aromatic carbocycles. The van der Waals surface area contributed by atoms with Crippen LogP contribution in [0.4, 0.5) is 0 Å². The van der Waals surface area contributed by atoms with E-state index in [1.165, 1.54) is 33.3 Å². The van der Waals surface area contributed by atoms with Gasteiger partial charge in [0.25, 0.3) is 5.91 Å². The number of benzene rings is 1. The number of hydrogen-bond acceptors (Lipinski definition) is 5. The van der Waals surface area contributed by atoms with E-state index in [4.69, 9.17) is 19.9 Å². The van der Waals surface area contributed by atoms with Crippen LogP contribution in [0.25, 0.3) is 0 Å². The monoisotopic (exact) mass is 253 g/mol. The quantitative estimate of drug-likeness (QED) is 0.782. The van der Waals surface area contributed by atoms with Gasteiger partial charge in [-0.2, -0.15) is 0 Å². The predicted molar refractivity (Wildman–Crippen MR) is 63.6 cm³/mol. The topological polar surface area (TPSA) is 87.9 Å². The first kappa shape index (κ1) is 13.8. The summed E-state index contributed by atoms with van der Waals surface area (Å²) in [5, 5.41) is 0. The van der Waals surface area contributed by atoms with Crippen molar-refractivity contribution in [3.63, 3.8) is 0 Å². The van der Waals surface area contributed by atoms with E-state index in [9.17, 15) is 9.59 Å². The maximum absolute atomic E-state index is 11.7. The van der Waals surface area contributed by atoms with Crippen LogP contribution in [0.5, 0.6) is 11.5 Å². The number of methoxy groups -OCH3 is 2. The molecule has 0 radical (unpaired) electrons. The van der Waals surface area contributed by atoms with Crippen LogP contribution in [0.1, 0.15) is 17.3 Å². The summed E-state index contributed by atoms with van der Waals surface area (Å²) >= 11 is 0. The van der Waals surface area contributed by atoms with Crippen LogP contribution in [-0.2, 0) is 9.53 Å². The fraction of sp³-hybridized carbons (Fsp3) is 0.333. The maximum Gasteiger partial charge on any atom is 0.339 e. The van der Waals surface area contributed by atoms with Crippen molar-refractivity contribution >= 4 is 11.9 Å². The average Bonchev–Trinajstić information content (AvgIpc) is 2.37. The Morgan fingerprint density at radius 1 is 1.17 bits per heavy atom. The number of hydrogen-bond donors (Lipinski definition) is 1. The fourth-order valence-corrected chi connectivity index (χ4v) is 1.25. The Morgan fingerprint density at radius 2 is 1.78 bits per heavy atom. The number of carbonyl (C=O) groups is 2. The van der Waals surface area contributed by atoms with Crippen molar-refractivity contribution in [1.82, 2.24) is 0 Å². The average molecular weight is 253 g/mol. The summed E-state index contributed by atoms with van der Waals surface area (Å²) < 4.78 is 15.0. The van der Waals surface area contributed by atoms with Gasteiger partial charge in [0.1, 0.15) is 0 Å². The van der Waals surface area contributed by atoms with Crippen molar-refractivity contribution in [2.75, 3.05) is 14.2 Å². The van der Waals surface area contributed by atoms with Gasteiger partial charge in [-0.05, 0) is 25.1 Å². The molecule has 0 saturated carbocycles. The van der Waals surface area contributed by atoms with Crippen LogP contribution in [0.15, 0.2) is 18.2 Å². The Bertz CT molecular complexity index is 458. The van der Waals surface area contributed by atoms with Gasteiger partial charge >= 0.3 is 5.97 Å². The number of esters is 1. The zero-order chi connectivity index (χ0) is 13.7. The molecule has 6 nitrogen and oxygen atoms in total. The summed E-state index contributed by atoms with van der Waals surface area (Å²) in [5.74, 6) is -0.457. The zero-order valence-corrected chi connectivity index (χ0v) is 10.4. The van der Waals surface area contributed by atoms with Gasteiger partial charge in [0, 0.05) is 0 Å². The van der Waals surface area contributed by atoms with E-state index in [1.54, 1.807) is 6.07 Å². The lowest BCUT2D eigenvalue weighted by molar-refractivity contribution is -0.125. The van der Waals surface area contributed by atoms with E-state index < -0.39 is 18.0 Å². The first-order valence-corrected chi connectivity index (χ1v) is 5.22. The molecule has 1 rings (SSSR count). The number of primary amides is 1. The molecule has 98 valence electrons. The Kier molecular flexibility index (Phi) is 4.53. The SMILES string of the molecule is COc1ccc(C(=O)O[C@H](C)C(N)=O)cc1OC. The van der Waals surface area contributed by atoms with Crippen molar-refractivity contribution in [1.29, 1.82) is 0 Å². The van der Waals surface area contributed by atoms with Crippen LogP contribution in [0.3, 0.4) is 0 Å². The van der Waals surface area contributed by atoms with Gasteiger partial charge in [0.05, 0.1) is 19.8 Å². The summed E-state index contributed by atoms with van der Waals surface area (Å²) in [6.45, 7) is 1.40. The number of ether oxygens (including phenoxy) is 3. The third-order valence-electron chi connectivity index (χ3n) is 2.30. The van der Waals surface area contributed by atoms with Crippen molar-refractivity contribution in [2.45, 2.75) is 13.0 Å². The molecule has 0 aliphatic carbocycles. The predicted octanol–water partition coefficient (Wildman–Crippen LogP) is 0.734. The lowest BCUT2D eigenvalue weighted by atomic mass is 10.2. The summed E-state index contributed by atoms with van der Waals surface area (Å²) in [6.07, 6.45) is -0.981. The van der Waals surface area contributed by atoms with Crippen LogP contribution >= 0.6 is 0 Å². The summed E-state index contributed by atoms with van der Waals surface area (Å²) in [5.41, 5.74) is 5.25. The van der Waals surface area contributed by atoms with Gasteiger partial charge in [-0.1, -0.05) is 0 Å². The molecule has 1 atom stereocenters. The second-order valence-corrected chi connectivity index (χ2v) is 3.52. The highest BCUT2D eigenvalue weighted by Crippen LogP contribution is 2.27. The largest absolute Gasteiger partial charge is 0.493 e. The second-order valence-electron chi connectivity index (χ2n) is 3.52. The molecule has 0 fully saturated rings. The van der Waals surface area contributed by atoms with Crippen LogP contribution in [-0.4, -0.2) is 32.2 Å². The highest BCUT2D eigenvalue weighted by atomic mass is 16.5. The highest BCUT2D eigenvalue weighted by molar-refractivity contribution is 5.92. The second kappa shape index (κ2) is 5.90. The van der Waals surface area contributed by atoms with Crippen LogP contribution < -0.4 is 15.2 Å². The third-order valence-corrected chi connectivity index (χ3v) is 2.30. The minimum absolute atomic E-state index is 0.251. The number of rotatable bonds is 5. The fourth-order valence-electron chi connectivity index (χ4n) is 1.25. The van der Waals surface area contributed by atoms with Crippen molar-refractivity contribution < 1.29 is 23.8 Å². The summed E-state index contributed by atoms with van der Waals surface area (Å²) in [7, 11) is 2.95. The molecule has 0 unspecified atom stereocenters. The van der Waals surface area contributed by atoms with Gasteiger partial charge in [-0.25, -0.2) is 4.79 Å². The minimum Gasteiger partial charge on any atom is -0.493 e. The highest BCUT2D eigenvalue weighted by Gasteiger charge is 2.17. The van der Waals surface area contributed by atoms with E-state index in [2.05, 4.69) is 0 Å². The molecule has 0 spiro atoms. The van der Waals surface area contributed by atoms with Crippen LogP contribution in [0, 0.1) is 0 Å². The molecule has 6 heteroatoms. The van der Waals surface area contributed by atoms with Gasteiger partial charge in [-0.3, -0.25) is 4.79 Å². The molecule has 18 heavy (non-hydrogen) atoms. The minimum atomic E-state index is -0.981. The lowest BCUT2D eigenvalue weighted by Gasteiger charge is -2.11. The molecule has 0 aromatic heterocycles. The summed E-state index contributed by atoms with van der Waals surface area (Å²) in [6, 6.07) is 4.55. The maximum atomic E-state index is 11.7. The standard InChI is InChI=1S/C12H15NO5/c1-7(11(13)14)18-12(15)8-4-5-9(16-2)10(6-8)17-3/h4-7H,1-3H3,(H2,13,14)/t7-/m1/s1. The van der Waals surface area contributed by atoms with Crippen LogP contribution in [0.2, 0.25) is 0 Å². The molecular formula is C12H15NO5. The molecule has 0 aliphatic rings. The van der Waals surface area contributed by atoms with E-state index >= 15 is 0 Å². The van der Waals surface area contributed by atoms with Crippen molar-refractivity contribution in [3.05, 3.63) is 23.8 Å². The van der Waals surface area contributed by atoms with Crippen molar-refractivity contribution in [3.8, 4) is 11.5 Å². The molecule has 0 heterocycles. The molecule has 0 saturated heterocycles. The third kappa shape index (κ3) is 3.13. The normalized spacial score (nSPS) is 11.5. The smallest absolute Gasteiger partial charge is 0.339 e. The Balaban J connectivity index is 2.90. The molecule has 1 amide bonds. The van der Waals surface area contributed by atoms with Gasteiger partial charge in [-0.15, -0.1) is 0 Å². The molecule has 0 aliphatic heterocycles. The number of amides is 1. The Labute approximate surface area is 105 Å². The summed E-state index contributed by atoms with van der Waals surface area (Å²) in [4.78, 5) is 22.5. The van der Waals surface area contributed by atoms with E-state index in [1.807, 2.05) is 0 Å². The van der Waals surface area contributed by atoms with Gasteiger partial charge < -0.3 is 19.9 Å². The molecule has 0 bridgehead atoms.